The number of hydrogen-bond acceptors (Lipinski definition) is 6. The predicted molar refractivity (Wildman–Crippen MR) is 108 cm³/mol. The summed E-state index contributed by atoms with van der Waals surface area (Å²) in [6, 6.07) is 11.5. The maximum Gasteiger partial charge on any atom is 0.257 e. The molecule has 7 nitrogen and oxygen atoms in total. The van der Waals surface area contributed by atoms with Crippen LogP contribution in [-0.2, 0) is 17.9 Å². The Bertz CT molecular complexity index is 1050. The van der Waals surface area contributed by atoms with E-state index in [9.17, 15) is 13.6 Å². The maximum atomic E-state index is 13.9. The lowest BCUT2D eigenvalue weighted by atomic mass is 10.1. The topological polar surface area (TPSA) is 71.7 Å². The Balaban J connectivity index is 1.32. The fraction of sp³-hybridized carbons (Fsp3) is 0.318. The molecule has 0 bridgehead atoms. The molecule has 0 unspecified atom stereocenters. The van der Waals surface area contributed by atoms with Crippen LogP contribution in [-0.4, -0.2) is 59.1 Å². The summed E-state index contributed by atoms with van der Waals surface area (Å²) >= 11 is 0. The molecule has 0 aliphatic carbocycles. The average Bonchev–Trinajstić information content (AvgIpc) is 3.25. The molecule has 1 aliphatic rings. The number of carbonyl (C=O) groups is 1. The van der Waals surface area contributed by atoms with Crippen molar-refractivity contribution in [1.29, 1.82) is 0 Å². The molecule has 1 amide bonds. The molecule has 1 fully saturated rings. The Morgan fingerprint density at radius 1 is 1.10 bits per heavy atom. The molecule has 3 aromatic rings. The van der Waals surface area contributed by atoms with Gasteiger partial charge in [-0.1, -0.05) is 35.5 Å². The van der Waals surface area contributed by atoms with Crippen molar-refractivity contribution in [3.8, 4) is 11.4 Å². The van der Waals surface area contributed by atoms with E-state index in [2.05, 4.69) is 15.0 Å². The summed E-state index contributed by atoms with van der Waals surface area (Å²) in [7, 11) is 1.56. The summed E-state index contributed by atoms with van der Waals surface area (Å²) in [5.74, 6) is -1.65. The Kier molecular flexibility index (Phi) is 6.34. The van der Waals surface area contributed by atoms with Gasteiger partial charge in [-0.25, -0.2) is 8.78 Å². The van der Waals surface area contributed by atoms with E-state index in [-0.39, 0.29) is 12.2 Å². The van der Waals surface area contributed by atoms with Crippen LogP contribution in [0, 0.1) is 11.6 Å². The van der Waals surface area contributed by atoms with Crippen molar-refractivity contribution in [3.05, 3.63) is 71.1 Å². The molecule has 4 rings (SSSR count). The van der Waals surface area contributed by atoms with Gasteiger partial charge in [0.15, 0.2) is 11.6 Å². The molecule has 0 saturated carbocycles. The van der Waals surface area contributed by atoms with Gasteiger partial charge in [0, 0.05) is 45.4 Å². The highest BCUT2D eigenvalue weighted by Gasteiger charge is 2.25. The normalized spacial score (nSPS) is 14.7. The molecule has 2 aromatic carbocycles. The van der Waals surface area contributed by atoms with Gasteiger partial charge in [-0.3, -0.25) is 9.69 Å². The Labute approximate surface area is 178 Å². The summed E-state index contributed by atoms with van der Waals surface area (Å²) < 4.78 is 37.4. The highest BCUT2D eigenvalue weighted by Crippen LogP contribution is 2.19. The number of hydrogen-bond donors (Lipinski definition) is 0. The van der Waals surface area contributed by atoms with Gasteiger partial charge in [0.2, 0.25) is 5.82 Å². The molecule has 0 atom stereocenters. The van der Waals surface area contributed by atoms with Gasteiger partial charge < -0.3 is 14.2 Å². The van der Waals surface area contributed by atoms with E-state index in [0.717, 1.165) is 23.7 Å². The Morgan fingerprint density at radius 2 is 1.84 bits per heavy atom. The lowest BCUT2D eigenvalue weighted by Crippen LogP contribution is -2.48. The lowest BCUT2D eigenvalue weighted by Gasteiger charge is -2.34. The minimum Gasteiger partial charge on any atom is -0.375 e. The lowest BCUT2D eigenvalue weighted by molar-refractivity contribution is 0.0623. The smallest absolute Gasteiger partial charge is 0.257 e. The first-order valence-corrected chi connectivity index (χ1v) is 9.91. The van der Waals surface area contributed by atoms with Crippen molar-refractivity contribution < 1.29 is 22.8 Å². The van der Waals surface area contributed by atoms with E-state index in [4.69, 9.17) is 9.26 Å². The van der Waals surface area contributed by atoms with E-state index >= 15 is 0 Å². The molecule has 0 radical (unpaired) electrons. The SMILES string of the molecule is COCc1nc(-c2ccc(CN3CCN(C(=O)c4cccc(F)c4F)CC3)cc2)no1. The summed E-state index contributed by atoms with van der Waals surface area (Å²) in [5, 5.41) is 3.95. The van der Waals surface area contributed by atoms with E-state index in [1.807, 2.05) is 24.3 Å². The third kappa shape index (κ3) is 4.78. The van der Waals surface area contributed by atoms with Crippen molar-refractivity contribution >= 4 is 5.91 Å². The summed E-state index contributed by atoms with van der Waals surface area (Å²) in [4.78, 5) is 20.6. The zero-order valence-corrected chi connectivity index (χ0v) is 17.1. The van der Waals surface area contributed by atoms with Crippen molar-refractivity contribution in [1.82, 2.24) is 19.9 Å². The van der Waals surface area contributed by atoms with Crippen LogP contribution in [0.3, 0.4) is 0 Å². The number of rotatable bonds is 6. The number of aromatic nitrogens is 2. The van der Waals surface area contributed by atoms with Gasteiger partial charge in [0.05, 0.1) is 5.56 Å². The number of halogens is 2. The van der Waals surface area contributed by atoms with Gasteiger partial charge in [0.25, 0.3) is 11.8 Å². The van der Waals surface area contributed by atoms with Crippen LogP contribution in [0.5, 0.6) is 0 Å². The molecule has 162 valence electrons. The summed E-state index contributed by atoms with van der Waals surface area (Å²) in [6.07, 6.45) is 0. The average molecular weight is 428 g/mol. The number of nitrogens with zero attached hydrogens (tertiary/aromatic N) is 4. The number of carbonyl (C=O) groups excluding carboxylic acids is 1. The molecular formula is C22H22F2N4O3. The minimum absolute atomic E-state index is 0.223. The molecule has 31 heavy (non-hydrogen) atoms. The van der Waals surface area contributed by atoms with Gasteiger partial charge in [-0.2, -0.15) is 4.98 Å². The van der Waals surface area contributed by atoms with Crippen LogP contribution in [0.2, 0.25) is 0 Å². The monoisotopic (exact) mass is 428 g/mol. The van der Waals surface area contributed by atoms with Gasteiger partial charge in [-0.05, 0) is 17.7 Å². The Hall–Kier alpha value is -3.17. The second-order valence-electron chi connectivity index (χ2n) is 7.31. The molecule has 0 spiro atoms. The van der Waals surface area contributed by atoms with Crippen molar-refractivity contribution in [3.63, 3.8) is 0 Å². The van der Waals surface area contributed by atoms with Gasteiger partial charge >= 0.3 is 0 Å². The van der Waals surface area contributed by atoms with Crippen LogP contribution in [0.1, 0.15) is 21.8 Å². The standard InChI is InChI=1S/C22H22F2N4O3/c1-30-14-19-25-21(26-31-19)16-7-5-15(6-8-16)13-27-9-11-28(12-10-27)22(29)17-3-2-4-18(23)20(17)24/h2-8H,9-14H2,1H3. The first-order chi connectivity index (χ1) is 15.0. The first kappa shape index (κ1) is 21.1. The summed E-state index contributed by atoms with van der Waals surface area (Å²) in [5.41, 5.74) is 1.74. The number of benzene rings is 2. The number of piperazine rings is 1. The van der Waals surface area contributed by atoms with Gasteiger partial charge in [0.1, 0.15) is 6.61 Å². The van der Waals surface area contributed by atoms with E-state index < -0.39 is 17.5 Å². The molecule has 9 heteroatoms. The molecule has 1 aliphatic heterocycles. The fourth-order valence-electron chi connectivity index (χ4n) is 3.52. The zero-order chi connectivity index (χ0) is 21.8. The third-order valence-corrected chi connectivity index (χ3v) is 5.20. The summed E-state index contributed by atoms with van der Waals surface area (Å²) in [6.45, 7) is 3.20. The molecule has 2 heterocycles. The highest BCUT2D eigenvalue weighted by atomic mass is 19.2. The second kappa shape index (κ2) is 9.32. The Morgan fingerprint density at radius 3 is 2.55 bits per heavy atom. The van der Waals surface area contributed by atoms with E-state index in [1.165, 1.54) is 12.1 Å². The van der Waals surface area contributed by atoms with Crippen LogP contribution < -0.4 is 0 Å². The molecule has 1 saturated heterocycles. The second-order valence-corrected chi connectivity index (χ2v) is 7.31. The minimum atomic E-state index is -1.09. The molecular weight excluding hydrogens is 406 g/mol. The van der Waals surface area contributed by atoms with Crippen LogP contribution in [0.25, 0.3) is 11.4 Å². The molecule has 0 N–H and O–H groups in total. The van der Waals surface area contributed by atoms with Crippen molar-refractivity contribution in [2.24, 2.45) is 0 Å². The van der Waals surface area contributed by atoms with Gasteiger partial charge in [-0.15, -0.1) is 0 Å². The zero-order valence-electron chi connectivity index (χ0n) is 17.1. The van der Waals surface area contributed by atoms with Crippen LogP contribution in [0.4, 0.5) is 8.78 Å². The van der Waals surface area contributed by atoms with Crippen molar-refractivity contribution in [2.45, 2.75) is 13.2 Å². The predicted octanol–water partition coefficient (Wildman–Crippen LogP) is 3.12. The molecule has 1 aromatic heterocycles. The fourth-order valence-corrected chi connectivity index (χ4v) is 3.52. The van der Waals surface area contributed by atoms with E-state index in [0.29, 0.717) is 37.9 Å². The largest absolute Gasteiger partial charge is 0.375 e. The highest BCUT2D eigenvalue weighted by molar-refractivity contribution is 5.94. The first-order valence-electron chi connectivity index (χ1n) is 9.91. The van der Waals surface area contributed by atoms with Crippen LogP contribution in [0.15, 0.2) is 47.0 Å². The van der Waals surface area contributed by atoms with Crippen molar-refractivity contribution in [2.75, 3.05) is 33.3 Å². The quantitative estimate of drug-likeness (QED) is 0.601. The van der Waals surface area contributed by atoms with Crippen LogP contribution >= 0.6 is 0 Å². The third-order valence-electron chi connectivity index (χ3n) is 5.20. The van der Waals surface area contributed by atoms with E-state index in [1.54, 1.807) is 12.0 Å². The number of ether oxygens (including phenoxy) is 1. The number of amides is 1. The number of methoxy groups -OCH3 is 1. The maximum absolute atomic E-state index is 13.9.